The van der Waals surface area contributed by atoms with Crippen molar-refractivity contribution in [2.75, 3.05) is 10.6 Å². The molecule has 3 heterocycles. The fraction of sp³-hybridized carbons (Fsp3) is 0.333. The van der Waals surface area contributed by atoms with Gasteiger partial charge in [0, 0.05) is 19.1 Å². The molecule has 0 saturated heterocycles. The molecule has 0 amide bonds. The molecule has 0 unspecified atom stereocenters. The highest BCUT2D eigenvalue weighted by Crippen LogP contribution is 2.25. The number of aryl methyl sites for hydroxylation is 3. The summed E-state index contributed by atoms with van der Waals surface area (Å²) in [5, 5.41) is 7.04. The molecule has 2 N–H and O–H groups in total. The van der Waals surface area contributed by atoms with E-state index in [0.717, 1.165) is 59.0 Å². The van der Waals surface area contributed by atoms with Gasteiger partial charge in [0.25, 0.3) is 0 Å². The van der Waals surface area contributed by atoms with Crippen molar-refractivity contribution < 1.29 is 0 Å². The van der Waals surface area contributed by atoms with Crippen LogP contribution in [-0.4, -0.2) is 36.2 Å². The zero-order chi connectivity index (χ0) is 22.2. The molecule has 0 bridgehead atoms. The number of aromatic nitrogens is 5. The van der Waals surface area contributed by atoms with Crippen molar-refractivity contribution in [1.29, 1.82) is 0 Å². The van der Waals surface area contributed by atoms with Gasteiger partial charge in [-0.2, -0.15) is 0 Å². The van der Waals surface area contributed by atoms with E-state index in [9.17, 15) is 4.79 Å². The highest BCUT2D eigenvalue weighted by Gasteiger charge is 2.25. The Bertz CT molecular complexity index is 1320. The molecular weight excluding hydrogens is 402 g/mol. The molecule has 0 radical (unpaired) electrons. The molecule has 8 nitrogen and oxygen atoms in total. The van der Waals surface area contributed by atoms with Crippen LogP contribution in [0.1, 0.15) is 30.7 Å². The molecule has 5 rings (SSSR count). The quantitative estimate of drug-likeness (QED) is 0.504. The van der Waals surface area contributed by atoms with E-state index < -0.39 is 0 Å². The second-order valence-corrected chi connectivity index (χ2v) is 8.49. The highest BCUT2D eigenvalue weighted by atomic mass is 16.1. The minimum Gasteiger partial charge on any atom is -0.367 e. The van der Waals surface area contributed by atoms with E-state index in [1.807, 2.05) is 50.2 Å². The number of hydrogen-bond donors (Lipinski definition) is 2. The van der Waals surface area contributed by atoms with Gasteiger partial charge in [-0.1, -0.05) is 12.1 Å². The van der Waals surface area contributed by atoms with Crippen LogP contribution < -0.4 is 16.3 Å². The number of nitrogens with one attached hydrogen (secondary N) is 2. The number of para-hydroxylation sites is 2. The van der Waals surface area contributed by atoms with Crippen LogP contribution in [-0.2, 0) is 7.05 Å². The third-order valence-electron chi connectivity index (χ3n) is 6.30. The Morgan fingerprint density at radius 2 is 1.59 bits per heavy atom. The molecule has 3 aromatic heterocycles. The third kappa shape index (κ3) is 3.72. The zero-order valence-electron chi connectivity index (χ0n) is 18.5. The van der Waals surface area contributed by atoms with Crippen molar-refractivity contribution >= 4 is 22.7 Å². The molecule has 164 valence electrons. The number of anilines is 2. The molecule has 4 aromatic rings. The monoisotopic (exact) mass is 429 g/mol. The fourth-order valence-corrected chi connectivity index (χ4v) is 4.42. The number of pyridine rings is 1. The van der Waals surface area contributed by atoms with Crippen LogP contribution in [0.5, 0.6) is 0 Å². The van der Waals surface area contributed by atoms with Crippen LogP contribution in [0, 0.1) is 13.8 Å². The molecule has 1 aliphatic carbocycles. The van der Waals surface area contributed by atoms with Crippen LogP contribution in [0.15, 0.2) is 53.6 Å². The maximum absolute atomic E-state index is 12.7. The number of rotatable bonds is 5. The lowest BCUT2D eigenvalue weighted by Crippen LogP contribution is -2.22. The van der Waals surface area contributed by atoms with Gasteiger partial charge in [-0.05, 0) is 57.4 Å². The van der Waals surface area contributed by atoms with Crippen molar-refractivity contribution in [1.82, 2.24) is 24.1 Å². The second-order valence-electron chi connectivity index (χ2n) is 8.49. The summed E-state index contributed by atoms with van der Waals surface area (Å²) in [6.45, 7) is 3.95. The first kappa shape index (κ1) is 20.2. The average molecular weight is 430 g/mol. The predicted molar refractivity (Wildman–Crippen MR) is 126 cm³/mol. The van der Waals surface area contributed by atoms with Crippen molar-refractivity contribution in [3.63, 3.8) is 0 Å². The Kier molecular flexibility index (Phi) is 5.13. The highest BCUT2D eigenvalue weighted by molar-refractivity contribution is 5.78. The molecule has 1 aromatic carbocycles. The summed E-state index contributed by atoms with van der Waals surface area (Å²) in [5.74, 6) is 1.65. The van der Waals surface area contributed by atoms with Gasteiger partial charge in [0.1, 0.15) is 11.6 Å². The van der Waals surface area contributed by atoms with Crippen LogP contribution in [0.4, 0.5) is 11.6 Å². The first-order valence-electron chi connectivity index (χ1n) is 11.0. The summed E-state index contributed by atoms with van der Waals surface area (Å²) in [6, 6.07) is 12.4. The minimum absolute atomic E-state index is 0.0761. The molecule has 1 saturated carbocycles. The maximum Gasteiger partial charge on any atom is 0.333 e. The standard InChI is InChI=1S/C24H27N7O/c1-15-16(2)27-23(14-25-15)29-18-9-8-17(12-18)28-22-11-10-19(13-26-22)31-21-7-5-4-6-20(21)30(3)24(31)32/h4-7,10-11,13-14,17-18H,8-9,12H2,1-3H3,(H,26,28)(H,27,29)/t17-,18-/m0/s1. The smallest absolute Gasteiger partial charge is 0.333 e. The normalized spacial score (nSPS) is 18.2. The van der Waals surface area contributed by atoms with Crippen LogP contribution in [0.2, 0.25) is 0 Å². The van der Waals surface area contributed by atoms with Gasteiger partial charge in [-0.15, -0.1) is 0 Å². The van der Waals surface area contributed by atoms with Gasteiger partial charge < -0.3 is 10.6 Å². The van der Waals surface area contributed by atoms with E-state index in [2.05, 4.69) is 25.6 Å². The molecule has 8 heteroatoms. The van der Waals surface area contributed by atoms with Crippen LogP contribution >= 0.6 is 0 Å². The molecular formula is C24H27N7O. The van der Waals surface area contributed by atoms with Gasteiger partial charge in [0.15, 0.2) is 0 Å². The topological polar surface area (TPSA) is 89.7 Å². The molecule has 2 atom stereocenters. The van der Waals surface area contributed by atoms with Gasteiger partial charge in [-0.25, -0.2) is 14.8 Å². The van der Waals surface area contributed by atoms with Crippen molar-refractivity contribution in [2.45, 2.75) is 45.2 Å². The fourth-order valence-electron chi connectivity index (χ4n) is 4.42. The van der Waals surface area contributed by atoms with Gasteiger partial charge in [0.2, 0.25) is 0 Å². The molecule has 32 heavy (non-hydrogen) atoms. The average Bonchev–Trinajstić information content (AvgIpc) is 3.34. The van der Waals surface area contributed by atoms with E-state index >= 15 is 0 Å². The van der Waals surface area contributed by atoms with Gasteiger partial charge >= 0.3 is 5.69 Å². The van der Waals surface area contributed by atoms with Gasteiger partial charge in [0.05, 0.1) is 40.5 Å². The first-order chi connectivity index (χ1) is 15.5. The van der Waals surface area contributed by atoms with Crippen LogP contribution in [0.25, 0.3) is 16.7 Å². The Morgan fingerprint density at radius 3 is 2.28 bits per heavy atom. The number of hydrogen-bond acceptors (Lipinski definition) is 6. The second kappa shape index (κ2) is 8.11. The molecule has 0 spiro atoms. The lowest BCUT2D eigenvalue weighted by atomic mass is 10.2. The van der Waals surface area contributed by atoms with Crippen molar-refractivity contribution in [3.05, 3.63) is 70.7 Å². The molecule has 1 fully saturated rings. The number of imidazole rings is 1. The van der Waals surface area contributed by atoms with Crippen LogP contribution in [0.3, 0.4) is 0 Å². The Hall–Kier alpha value is -3.68. The SMILES string of the molecule is Cc1ncc(N[C@H]2CC[C@H](Nc3ccc(-n4c(=O)n(C)c5ccccc54)cn3)C2)nc1C. The summed E-state index contributed by atoms with van der Waals surface area (Å²) in [4.78, 5) is 26.3. The summed E-state index contributed by atoms with van der Waals surface area (Å²) in [7, 11) is 1.79. The zero-order valence-corrected chi connectivity index (χ0v) is 18.5. The largest absolute Gasteiger partial charge is 0.367 e. The van der Waals surface area contributed by atoms with E-state index in [1.165, 1.54) is 0 Å². The minimum atomic E-state index is -0.0761. The van der Waals surface area contributed by atoms with Crippen molar-refractivity contribution in [2.24, 2.45) is 7.05 Å². The van der Waals surface area contributed by atoms with E-state index in [-0.39, 0.29) is 5.69 Å². The van der Waals surface area contributed by atoms with Gasteiger partial charge in [-0.3, -0.25) is 14.1 Å². The first-order valence-corrected chi connectivity index (χ1v) is 11.0. The Labute approximate surface area is 186 Å². The summed E-state index contributed by atoms with van der Waals surface area (Å²) in [5.41, 5.74) is 4.38. The summed E-state index contributed by atoms with van der Waals surface area (Å²) in [6.07, 6.45) is 6.67. The third-order valence-corrected chi connectivity index (χ3v) is 6.30. The summed E-state index contributed by atoms with van der Waals surface area (Å²) < 4.78 is 3.36. The number of fused-ring (bicyclic) bond motifs is 1. The Balaban J connectivity index is 1.26. The Morgan fingerprint density at radius 1 is 0.875 bits per heavy atom. The van der Waals surface area contributed by atoms with Crippen molar-refractivity contribution in [3.8, 4) is 5.69 Å². The number of nitrogens with zero attached hydrogens (tertiary/aromatic N) is 5. The van der Waals surface area contributed by atoms with E-state index in [4.69, 9.17) is 0 Å². The van der Waals surface area contributed by atoms with E-state index in [0.29, 0.717) is 12.1 Å². The molecule has 0 aliphatic heterocycles. The number of benzene rings is 1. The molecule has 1 aliphatic rings. The van der Waals surface area contributed by atoms with E-state index in [1.54, 1.807) is 28.6 Å². The lowest BCUT2D eigenvalue weighted by molar-refractivity contribution is 0.718. The lowest BCUT2D eigenvalue weighted by Gasteiger charge is -2.16. The maximum atomic E-state index is 12.7. The summed E-state index contributed by atoms with van der Waals surface area (Å²) >= 11 is 0. The predicted octanol–water partition coefficient (Wildman–Crippen LogP) is 3.58.